The summed E-state index contributed by atoms with van der Waals surface area (Å²) in [5, 5.41) is 15.5. The molecule has 0 aromatic heterocycles. The molecule has 0 aliphatic carbocycles. The third-order valence-corrected chi connectivity index (χ3v) is 5.89. The fraction of sp³-hybridized carbons (Fsp3) is 0.792. The van der Waals surface area contributed by atoms with E-state index in [1.807, 2.05) is 48.5 Å². The molecule has 0 saturated carbocycles. The summed E-state index contributed by atoms with van der Waals surface area (Å²) in [5.41, 5.74) is -1.05. The SMILES string of the molecule is CCCC(CCC)(NC)C(=O)N[C@H](C(=O)N(C)[C@H](/C=C(\C)C(=O)O)C(C)C)C(C)(C)C. The number of carbonyl (C=O) groups is 3. The number of nitrogens with one attached hydrogen (secondary N) is 2. The van der Waals surface area contributed by atoms with Crippen molar-refractivity contribution in [3.05, 3.63) is 11.6 Å². The van der Waals surface area contributed by atoms with Gasteiger partial charge in [-0.25, -0.2) is 4.79 Å². The Labute approximate surface area is 189 Å². The third-order valence-electron chi connectivity index (χ3n) is 5.89. The topological polar surface area (TPSA) is 98.7 Å². The minimum absolute atomic E-state index is 0.0103. The first kappa shape index (κ1) is 29.1. The molecule has 0 fully saturated rings. The standard InChI is InChI=1S/C24H45N3O4/c1-11-13-24(25-9,14-12-2)22(31)26-19(23(6,7)8)20(28)27(10)18(16(3)4)15-17(5)21(29)30/h15-16,18-19,25H,11-14H2,1-10H3,(H,26,31)(H,29,30)/b17-15+/t18-,19-/m1/s1. The number of amides is 2. The molecule has 2 amide bonds. The van der Waals surface area contributed by atoms with Crippen molar-refractivity contribution in [3.63, 3.8) is 0 Å². The Morgan fingerprint density at radius 2 is 1.55 bits per heavy atom. The van der Waals surface area contributed by atoms with Crippen LogP contribution in [0, 0.1) is 11.3 Å². The molecule has 0 bridgehead atoms. The summed E-state index contributed by atoms with van der Waals surface area (Å²) < 4.78 is 0. The van der Waals surface area contributed by atoms with Crippen molar-refractivity contribution in [1.29, 1.82) is 0 Å². The number of rotatable bonds is 12. The molecule has 0 aromatic carbocycles. The molecule has 2 atom stereocenters. The van der Waals surface area contributed by atoms with Crippen LogP contribution in [0.15, 0.2) is 11.6 Å². The summed E-state index contributed by atoms with van der Waals surface area (Å²) in [7, 11) is 3.46. The van der Waals surface area contributed by atoms with Crippen molar-refractivity contribution in [2.24, 2.45) is 11.3 Å². The summed E-state index contributed by atoms with van der Waals surface area (Å²) in [6.07, 6.45) is 4.66. The average Bonchev–Trinajstić information content (AvgIpc) is 2.67. The summed E-state index contributed by atoms with van der Waals surface area (Å²) in [4.78, 5) is 39.8. The van der Waals surface area contributed by atoms with E-state index in [-0.39, 0.29) is 23.3 Å². The Hall–Kier alpha value is -1.89. The summed E-state index contributed by atoms with van der Waals surface area (Å²) >= 11 is 0. The van der Waals surface area contributed by atoms with E-state index in [9.17, 15) is 19.5 Å². The van der Waals surface area contributed by atoms with E-state index < -0.39 is 29.0 Å². The highest BCUT2D eigenvalue weighted by molar-refractivity contribution is 5.93. The quantitative estimate of drug-likeness (QED) is 0.404. The number of nitrogens with zero attached hydrogens (tertiary/aromatic N) is 1. The predicted octanol–water partition coefficient (Wildman–Crippen LogP) is 3.59. The predicted molar refractivity (Wildman–Crippen MR) is 126 cm³/mol. The molecule has 0 radical (unpaired) electrons. The molecule has 180 valence electrons. The Balaban J connectivity index is 6.04. The van der Waals surface area contributed by atoms with Crippen LogP contribution in [0.5, 0.6) is 0 Å². The van der Waals surface area contributed by atoms with Gasteiger partial charge in [-0.2, -0.15) is 0 Å². The maximum atomic E-state index is 13.6. The first-order chi connectivity index (χ1) is 14.2. The van der Waals surface area contributed by atoms with Crippen LogP contribution < -0.4 is 10.6 Å². The molecule has 7 nitrogen and oxygen atoms in total. The summed E-state index contributed by atoms with van der Waals surface area (Å²) in [6.45, 7) is 15.3. The lowest BCUT2D eigenvalue weighted by molar-refractivity contribution is -0.142. The Morgan fingerprint density at radius 1 is 1.06 bits per heavy atom. The van der Waals surface area contributed by atoms with Crippen LogP contribution in [-0.2, 0) is 14.4 Å². The first-order valence-electron chi connectivity index (χ1n) is 11.4. The van der Waals surface area contributed by atoms with Crippen molar-refractivity contribution in [3.8, 4) is 0 Å². The molecule has 7 heteroatoms. The smallest absolute Gasteiger partial charge is 0.331 e. The van der Waals surface area contributed by atoms with Gasteiger partial charge in [-0.05, 0) is 38.1 Å². The van der Waals surface area contributed by atoms with Crippen LogP contribution in [0.1, 0.15) is 81.1 Å². The molecule has 0 aromatic rings. The highest BCUT2D eigenvalue weighted by Crippen LogP contribution is 2.26. The summed E-state index contributed by atoms with van der Waals surface area (Å²) in [5.74, 6) is -1.40. The molecule has 0 unspecified atom stereocenters. The fourth-order valence-corrected chi connectivity index (χ4v) is 3.92. The number of carbonyl (C=O) groups excluding carboxylic acids is 2. The number of hydrogen-bond acceptors (Lipinski definition) is 4. The van der Waals surface area contributed by atoms with Crippen LogP contribution in [0.4, 0.5) is 0 Å². The highest BCUT2D eigenvalue weighted by Gasteiger charge is 2.42. The number of hydrogen-bond donors (Lipinski definition) is 3. The van der Waals surface area contributed by atoms with Gasteiger partial charge in [0, 0.05) is 12.6 Å². The molecule has 31 heavy (non-hydrogen) atoms. The van der Waals surface area contributed by atoms with Gasteiger partial charge in [0.1, 0.15) is 6.04 Å². The van der Waals surface area contributed by atoms with Crippen LogP contribution in [-0.4, -0.2) is 59.5 Å². The normalized spacial score (nSPS) is 14.9. The monoisotopic (exact) mass is 439 g/mol. The van der Waals surface area contributed by atoms with Crippen molar-refractivity contribution >= 4 is 17.8 Å². The van der Waals surface area contributed by atoms with Gasteiger partial charge in [-0.1, -0.05) is 67.4 Å². The second kappa shape index (κ2) is 12.2. The third kappa shape index (κ3) is 7.95. The van der Waals surface area contributed by atoms with Gasteiger partial charge >= 0.3 is 5.97 Å². The molecule has 0 aliphatic rings. The van der Waals surface area contributed by atoms with Crippen molar-refractivity contribution in [1.82, 2.24) is 15.5 Å². The number of carboxylic acid groups (broad SMARTS) is 1. The Bertz CT molecular complexity index is 644. The van der Waals surface area contributed by atoms with Crippen molar-refractivity contribution < 1.29 is 19.5 Å². The average molecular weight is 440 g/mol. The maximum Gasteiger partial charge on any atom is 0.331 e. The zero-order valence-electron chi connectivity index (χ0n) is 21.3. The van der Waals surface area contributed by atoms with Gasteiger partial charge in [-0.15, -0.1) is 0 Å². The fourth-order valence-electron chi connectivity index (χ4n) is 3.92. The molecule has 3 N–H and O–H groups in total. The number of carboxylic acids is 1. The lowest BCUT2D eigenvalue weighted by Crippen LogP contribution is -2.63. The van der Waals surface area contributed by atoms with Gasteiger partial charge in [0.25, 0.3) is 0 Å². The number of likely N-dealkylation sites (N-methyl/N-ethyl adjacent to an activating group) is 2. The van der Waals surface area contributed by atoms with Crippen LogP contribution in [0.2, 0.25) is 0 Å². The van der Waals surface area contributed by atoms with E-state index in [1.165, 1.54) is 6.92 Å². The Morgan fingerprint density at radius 3 is 1.87 bits per heavy atom. The molecule has 0 rings (SSSR count). The van der Waals surface area contributed by atoms with Gasteiger partial charge in [0.15, 0.2) is 0 Å². The number of aliphatic carboxylic acids is 1. The molecule has 0 heterocycles. The molecule has 0 aliphatic heterocycles. The minimum atomic E-state index is -1.01. The van der Waals surface area contributed by atoms with E-state index in [0.29, 0.717) is 12.8 Å². The molecule has 0 spiro atoms. The lowest BCUT2D eigenvalue weighted by atomic mass is 9.82. The largest absolute Gasteiger partial charge is 0.478 e. The van der Waals surface area contributed by atoms with Crippen LogP contribution in [0.25, 0.3) is 0 Å². The second-order valence-corrected chi connectivity index (χ2v) is 9.94. The van der Waals surface area contributed by atoms with E-state index >= 15 is 0 Å². The Kier molecular flexibility index (Phi) is 11.5. The molecule has 0 saturated heterocycles. The lowest BCUT2D eigenvalue weighted by Gasteiger charge is -2.40. The van der Waals surface area contributed by atoms with Crippen LogP contribution in [0.3, 0.4) is 0 Å². The van der Waals surface area contributed by atoms with Gasteiger partial charge in [0.05, 0.1) is 11.6 Å². The van der Waals surface area contributed by atoms with Crippen molar-refractivity contribution in [2.45, 2.75) is 98.7 Å². The summed E-state index contributed by atoms with van der Waals surface area (Å²) in [6, 6.07) is -1.14. The van der Waals surface area contributed by atoms with E-state index in [4.69, 9.17) is 0 Å². The van der Waals surface area contributed by atoms with E-state index in [0.717, 1.165) is 12.8 Å². The molecular weight excluding hydrogens is 394 g/mol. The first-order valence-corrected chi connectivity index (χ1v) is 11.4. The van der Waals surface area contributed by atoms with Crippen molar-refractivity contribution in [2.75, 3.05) is 14.1 Å². The molecular formula is C24H45N3O4. The minimum Gasteiger partial charge on any atom is -0.478 e. The zero-order chi connectivity index (χ0) is 24.6. The van der Waals surface area contributed by atoms with Crippen LogP contribution >= 0.6 is 0 Å². The zero-order valence-corrected chi connectivity index (χ0v) is 21.3. The van der Waals surface area contributed by atoms with Gasteiger partial charge < -0.3 is 20.6 Å². The van der Waals surface area contributed by atoms with Gasteiger partial charge in [0.2, 0.25) is 11.8 Å². The van der Waals surface area contributed by atoms with E-state index in [1.54, 1.807) is 25.1 Å². The maximum absolute atomic E-state index is 13.6. The second-order valence-electron chi connectivity index (χ2n) is 9.94. The van der Waals surface area contributed by atoms with E-state index in [2.05, 4.69) is 10.6 Å². The van der Waals surface area contributed by atoms with Gasteiger partial charge in [-0.3, -0.25) is 9.59 Å². The highest BCUT2D eigenvalue weighted by atomic mass is 16.4.